The lowest BCUT2D eigenvalue weighted by Crippen LogP contribution is -2.41. The number of nitrogen functional groups attached to an aromatic ring is 1. The van der Waals surface area contributed by atoms with E-state index in [0.717, 1.165) is 53.9 Å². The van der Waals surface area contributed by atoms with E-state index in [1.54, 1.807) is 12.3 Å². The number of rotatable bonds is 3. The highest BCUT2D eigenvalue weighted by molar-refractivity contribution is 7.99. The van der Waals surface area contributed by atoms with Gasteiger partial charge in [-0.1, -0.05) is 23.4 Å². The molecule has 2 aliphatic heterocycles. The van der Waals surface area contributed by atoms with Crippen molar-refractivity contribution in [2.24, 2.45) is 5.41 Å². The summed E-state index contributed by atoms with van der Waals surface area (Å²) in [6.07, 6.45) is 11.0. The average Bonchev–Trinajstić information content (AvgIpc) is 3.34. The van der Waals surface area contributed by atoms with E-state index in [4.69, 9.17) is 27.1 Å². The van der Waals surface area contributed by atoms with Gasteiger partial charge >= 0.3 is 0 Å². The molecule has 2 aliphatic rings. The molecule has 1 spiro atoms. The molecule has 2 fully saturated rings. The zero-order chi connectivity index (χ0) is 20.0. The molecular weight excluding hydrogens is 408 g/mol. The highest BCUT2D eigenvalue weighted by Crippen LogP contribution is 2.43. The fourth-order valence-electron chi connectivity index (χ4n) is 4.40. The summed E-state index contributed by atoms with van der Waals surface area (Å²) >= 11 is 7.79. The van der Waals surface area contributed by atoms with Gasteiger partial charge in [0.1, 0.15) is 5.82 Å². The topological polar surface area (TPSA) is 81.6 Å². The van der Waals surface area contributed by atoms with Crippen LogP contribution < -0.4 is 10.6 Å². The third-order valence-electron chi connectivity index (χ3n) is 5.94. The van der Waals surface area contributed by atoms with Crippen LogP contribution in [0.15, 0.2) is 40.6 Å². The van der Waals surface area contributed by atoms with Crippen LogP contribution in [0.4, 0.5) is 11.8 Å². The number of hydrogen-bond acceptors (Lipinski definition) is 7. The zero-order valence-electron chi connectivity index (χ0n) is 16.2. The van der Waals surface area contributed by atoms with Gasteiger partial charge in [-0.3, -0.25) is 4.40 Å². The van der Waals surface area contributed by atoms with Crippen LogP contribution in [0.1, 0.15) is 26.2 Å². The van der Waals surface area contributed by atoms with Gasteiger partial charge in [0.05, 0.1) is 22.6 Å². The van der Waals surface area contributed by atoms with Crippen LogP contribution >= 0.6 is 23.4 Å². The number of aromatic nitrogens is 4. The Labute approximate surface area is 178 Å². The second-order valence-corrected chi connectivity index (χ2v) is 9.49. The van der Waals surface area contributed by atoms with Gasteiger partial charge in [0, 0.05) is 42.8 Å². The number of piperidine rings is 1. The molecule has 0 saturated carbocycles. The number of ether oxygens (including phenoxy) is 1. The fourth-order valence-corrected chi connectivity index (χ4v) is 5.53. The maximum atomic E-state index is 6.29. The van der Waals surface area contributed by atoms with Gasteiger partial charge in [-0.2, -0.15) is 0 Å². The summed E-state index contributed by atoms with van der Waals surface area (Å²) in [5.74, 6) is 1.37. The van der Waals surface area contributed by atoms with E-state index >= 15 is 0 Å². The number of fused-ring (bicyclic) bond motifs is 1. The van der Waals surface area contributed by atoms with E-state index in [2.05, 4.69) is 26.2 Å². The minimum absolute atomic E-state index is 0.345. The predicted octanol–water partition coefficient (Wildman–Crippen LogP) is 3.91. The summed E-state index contributed by atoms with van der Waals surface area (Å²) in [7, 11) is 0. The Bertz CT molecular complexity index is 1050. The van der Waals surface area contributed by atoms with Gasteiger partial charge in [-0.05, 0) is 37.7 Å². The van der Waals surface area contributed by atoms with Gasteiger partial charge in [-0.15, -0.1) is 0 Å². The third kappa shape index (κ3) is 3.53. The van der Waals surface area contributed by atoms with Crippen molar-refractivity contribution in [3.05, 3.63) is 35.9 Å². The normalized spacial score (nSPS) is 21.3. The molecule has 5 rings (SSSR count). The minimum atomic E-state index is 0.345. The monoisotopic (exact) mass is 430 g/mol. The number of hydrogen-bond donors (Lipinski definition) is 1. The predicted molar refractivity (Wildman–Crippen MR) is 115 cm³/mol. The van der Waals surface area contributed by atoms with E-state index in [1.807, 2.05) is 18.6 Å². The Kier molecular flexibility index (Phi) is 4.80. The summed E-state index contributed by atoms with van der Waals surface area (Å²) in [5, 5.41) is 0.562. The van der Waals surface area contributed by atoms with Crippen molar-refractivity contribution in [2.45, 2.75) is 42.1 Å². The summed E-state index contributed by atoms with van der Waals surface area (Å²) in [4.78, 5) is 17.5. The second-order valence-electron chi connectivity index (χ2n) is 8.00. The van der Waals surface area contributed by atoms with Crippen molar-refractivity contribution in [1.82, 2.24) is 19.4 Å². The Morgan fingerprint density at radius 3 is 2.79 bits per heavy atom. The highest BCUT2D eigenvalue weighted by atomic mass is 35.5. The summed E-state index contributed by atoms with van der Waals surface area (Å²) in [6.45, 7) is 5.03. The summed E-state index contributed by atoms with van der Waals surface area (Å²) in [6, 6.07) is 1.77. The van der Waals surface area contributed by atoms with E-state index in [-0.39, 0.29) is 0 Å². The van der Waals surface area contributed by atoms with Gasteiger partial charge in [0.25, 0.3) is 0 Å². The quantitative estimate of drug-likeness (QED) is 0.674. The van der Waals surface area contributed by atoms with Gasteiger partial charge in [-0.25, -0.2) is 15.0 Å². The molecule has 152 valence electrons. The Morgan fingerprint density at radius 2 is 2.03 bits per heavy atom. The van der Waals surface area contributed by atoms with Crippen molar-refractivity contribution >= 4 is 40.8 Å². The average molecular weight is 431 g/mol. The lowest BCUT2D eigenvalue weighted by molar-refractivity contribution is 0.0975. The van der Waals surface area contributed by atoms with Crippen molar-refractivity contribution in [1.29, 1.82) is 0 Å². The van der Waals surface area contributed by atoms with E-state index in [1.165, 1.54) is 18.2 Å². The lowest BCUT2D eigenvalue weighted by Gasteiger charge is -2.39. The van der Waals surface area contributed by atoms with Crippen molar-refractivity contribution in [3.63, 3.8) is 0 Å². The first kappa shape index (κ1) is 19.0. The van der Waals surface area contributed by atoms with Crippen LogP contribution in [0.25, 0.3) is 5.65 Å². The van der Waals surface area contributed by atoms with Crippen molar-refractivity contribution in [3.8, 4) is 0 Å². The largest absolute Gasteiger partial charge is 0.384 e. The number of anilines is 2. The van der Waals surface area contributed by atoms with Crippen LogP contribution in [0, 0.1) is 5.41 Å². The molecule has 7 nitrogen and oxygen atoms in total. The smallest absolute Gasteiger partial charge is 0.211 e. The summed E-state index contributed by atoms with van der Waals surface area (Å²) < 4.78 is 7.92. The molecule has 2 saturated heterocycles. The molecule has 9 heteroatoms. The SMILES string of the molecule is C[C@H]1CC2(CCN(c3ncc(Sc4cc(N)ncc4Cl)c4nccn34)CC2)CO1. The number of halogens is 1. The van der Waals surface area contributed by atoms with Crippen LogP contribution in [-0.4, -0.2) is 45.2 Å². The first-order chi connectivity index (χ1) is 14.0. The maximum absolute atomic E-state index is 6.29. The standard InChI is InChI=1S/C20H23ClN6OS/c1-13-9-20(12-28-13)2-5-26(6-3-20)19-25-11-16(18-23-4-7-27(18)19)29-15-8-17(22)24-10-14(15)21/h4,7-8,10-11,13H,2-3,5-6,9,12H2,1H3,(H2,22,24)/t13-/m0/s1. The molecule has 0 amide bonds. The molecule has 0 aliphatic carbocycles. The fraction of sp³-hybridized carbons (Fsp3) is 0.450. The molecule has 0 aromatic carbocycles. The Hall–Kier alpha value is -2.03. The van der Waals surface area contributed by atoms with E-state index < -0.39 is 0 Å². The number of nitrogens with zero attached hydrogens (tertiary/aromatic N) is 5. The highest BCUT2D eigenvalue weighted by Gasteiger charge is 2.41. The van der Waals surface area contributed by atoms with Crippen LogP contribution in [0.2, 0.25) is 5.02 Å². The maximum Gasteiger partial charge on any atom is 0.211 e. The Morgan fingerprint density at radius 1 is 1.21 bits per heavy atom. The second kappa shape index (κ2) is 7.34. The third-order valence-corrected chi connectivity index (χ3v) is 7.42. The Balaban J connectivity index is 1.40. The molecule has 1 atom stereocenters. The molecule has 29 heavy (non-hydrogen) atoms. The molecule has 2 N–H and O–H groups in total. The minimum Gasteiger partial charge on any atom is -0.384 e. The van der Waals surface area contributed by atoms with Crippen LogP contribution in [0.5, 0.6) is 0 Å². The van der Waals surface area contributed by atoms with Gasteiger partial charge in [0.2, 0.25) is 5.95 Å². The van der Waals surface area contributed by atoms with E-state index in [0.29, 0.717) is 22.4 Å². The number of imidazole rings is 1. The molecule has 3 aromatic heterocycles. The molecular formula is C20H23ClN6OS. The number of pyridine rings is 1. The lowest BCUT2D eigenvalue weighted by atomic mass is 9.77. The van der Waals surface area contributed by atoms with Gasteiger partial charge < -0.3 is 15.4 Å². The molecule has 0 radical (unpaired) electrons. The molecule has 0 unspecified atom stereocenters. The number of nitrogens with two attached hydrogens (primary N) is 1. The molecule has 5 heterocycles. The first-order valence-electron chi connectivity index (χ1n) is 9.81. The first-order valence-corrected chi connectivity index (χ1v) is 11.0. The van der Waals surface area contributed by atoms with Crippen LogP contribution in [0.3, 0.4) is 0 Å². The molecule has 3 aromatic rings. The van der Waals surface area contributed by atoms with Gasteiger partial charge in [0.15, 0.2) is 5.65 Å². The van der Waals surface area contributed by atoms with Crippen LogP contribution in [-0.2, 0) is 4.74 Å². The molecule has 0 bridgehead atoms. The summed E-state index contributed by atoms with van der Waals surface area (Å²) in [5.41, 5.74) is 7.03. The van der Waals surface area contributed by atoms with Crippen molar-refractivity contribution in [2.75, 3.05) is 30.3 Å². The van der Waals surface area contributed by atoms with Crippen molar-refractivity contribution < 1.29 is 4.74 Å². The zero-order valence-corrected chi connectivity index (χ0v) is 17.8. The van der Waals surface area contributed by atoms with E-state index in [9.17, 15) is 0 Å².